The summed E-state index contributed by atoms with van der Waals surface area (Å²) in [5.74, 6) is 0.106. The number of carbonyl (C=O) groups excluding carboxylic acids is 1. The summed E-state index contributed by atoms with van der Waals surface area (Å²) in [6.07, 6.45) is 0. The number of likely N-dealkylation sites (N-methyl/N-ethyl adjacent to an activating group) is 2. The quantitative estimate of drug-likeness (QED) is 0.798. The molecule has 0 aliphatic rings. The second-order valence-corrected chi connectivity index (χ2v) is 8.97. The monoisotopic (exact) mass is 338 g/mol. The molecule has 0 N–H and O–H groups in total. The van der Waals surface area contributed by atoms with Crippen molar-refractivity contribution in [3.8, 4) is 0 Å². The first-order valence-electron chi connectivity index (χ1n) is 6.10. The Labute approximate surface area is 129 Å². The molecule has 1 aromatic rings. The van der Waals surface area contributed by atoms with Crippen LogP contribution >= 0.6 is 22.9 Å². The van der Waals surface area contributed by atoms with Crippen LogP contribution in [0.2, 0.25) is 4.34 Å². The van der Waals surface area contributed by atoms with Crippen molar-refractivity contribution in [1.82, 2.24) is 9.21 Å². The van der Waals surface area contributed by atoms with E-state index < -0.39 is 10.0 Å². The molecule has 0 radical (unpaired) electrons. The maximum Gasteiger partial charge on any atom is 0.252 e. The van der Waals surface area contributed by atoms with Crippen LogP contribution in [0.5, 0.6) is 0 Å². The zero-order valence-electron chi connectivity index (χ0n) is 12.0. The minimum atomic E-state index is -3.66. The molecule has 0 aliphatic heterocycles. The van der Waals surface area contributed by atoms with Gasteiger partial charge in [-0.1, -0.05) is 25.4 Å². The van der Waals surface area contributed by atoms with Gasteiger partial charge in [-0.2, -0.15) is 4.31 Å². The van der Waals surface area contributed by atoms with Crippen LogP contribution in [0.1, 0.15) is 13.8 Å². The van der Waals surface area contributed by atoms with Gasteiger partial charge in [0.25, 0.3) is 10.0 Å². The number of hydrogen-bond donors (Lipinski definition) is 0. The molecule has 0 aromatic carbocycles. The Kier molecular flexibility index (Phi) is 6.00. The normalized spacial score (nSPS) is 12.2. The molecule has 0 bridgehead atoms. The maximum atomic E-state index is 12.2. The zero-order chi connectivity index (χ0) is 15.5. The number of carbonyl (C=O) groups is 1. The smallest absolute Gasteiger partial charge is 0.252 e. The van der Waals surface area contributed by atoms with Crippen LogP contribution < -0.4 is 0 Å². The minimum Gasteiger partial charge on any atom is -0.344 e. The predicted octanol–water partition coefficient (Wildman–Crippen LogP) is 2.14. The van der Waals surface area contributed by atoms with E-state index in [2.05, 4.69) is 0 Å². The lowest BCUT2D eigenvalue weighted by Crippen LogP contribution is -2.40. The fourth-order valence-corrected chi connectivity index (χ4v) is 4.45. The van der Waals surface area contributed by atoms with Gasteiger partial charge in [0, 0.05) is 20.6 Å². The molecule has 1 heterocycles. The third-order valence-electron chi connectivity index (χ3n) is 2.64. The Morgan fingerprint density at radius 2 is 1.95 bits per heavy atom. The molecule has 0 unspecified atom stereocenters. The van der Waals surface area contributed by atoms with E-state index in [-0.39, 0.29) is 16.7 Å². The molecular weight excluding hydrogens is 320 g/mol. The molecule has 20 heavy (non-hydrogen) atoms. The summed E-state index contributed by atoms with van der Waals surface area (Å²) in [6.45, 7) is 4.41. The first-order valence-corrected chi connectivity index (χ1v) is 8.73. The Hall–Kier alpha value is -0.630. The van der Waals surface area contributed by atoms with Gasteiger partial charge in [-0.05, 0) is 18.1 Å². The molecule has 1 rings (SSSR count). The molecule has 0 saturated heterocycles. The average molecular weight is 339 g/mol. The molecule has 0 atom stereocenters. The molecule has 0 saturated carbocycles. The number of halogens is 1. The van der Waals surface area contributed by atoms with Crippen LogP contribution in [-0.4, -0.2) is 50.7 Å². The maximum absolute atomic E-state index is 12.2. The van der Waals surface area contributed by atoms with E-state index in [1.807, 2.05) is 13.8 Å². The Bertz CT molecular complexity index is 569. The van der Waals surface area contributed by atoms with Crippen molar-refractivity contribution in [1.29, 1.82) is 0 Å². The fraction of sp³-hybridized carbons (Fsp3) is 0.583. The van der Waals surface area contributed by atoms with E-state index in [1.54, 1.807) is 7.05 Å². The van der Waals surface area contributed by atoms with E-state index >= 15 is 0 Å². The van der Waals surface area contributed by atoms with Gasteiger partial charge in [0.1, 0.15) is 4.21 Å². The van der Waals surface area contributed by atoms with Gasteiger partial charge in [-0.15, -0.1) is 11.3 Å². The topological polar surface area (TPSA) is 57.7 Å². The third-order valence-corrected chi connectivity index (χ3v) is 6.14. The van der Waals surface area contributed by atoms with E-state index in [9.17, 15) is 13.2 Å². The number of nitrogens with zero attached hydrogens (tertiary/aromatic N) is 2. The standard InChI is InChI=1S/C12H19ClN2O3S2/c1-9(2)7-14(3)11(16)8-15(4)20(17,18)12-6-5-10(13)19-12/h5-6,9H,7-8H2,1-4H3. The molecule has 5 nitrogen and oxygen atoms in total. The summed E-state index contributed by atoms with van der Waals surface area (Å²) in [4.78, 5) is 13.5. The second-order valence-electron chi connectivity index (χ2n) is 4.99. The minimum absolute atomic E-state index is 0.143. The van der Waals surface area contributed by atoms with Gasteiger partial charge in [0.15, 0.2) is 0 Å². The van der Waals surface area contributed by atoms with Crippen LogP contribution in [0, 0.1) is 5.92 Å². The van der Waals surface area contributed by atoms with Gasteiger partial charge in [-0.3, -0.25) is 4.79 Å². The first kappa shape index (κ1) is 17.4. The van der Waals surface area contributed by atoms with Gasteiger partial charge >= 0.3 is 0 Å². The number of thiophene rings is 1. The summed E-state index contributed by atoms with van der Waals surface area (Å²) in [6, 6.07) is 2.97. The van der Waals surface area contributed by atoms with Crippen molar-refractivity contribution in [3.63, 3.8) is 0 Å². The highest BCUT2D eigenvalue weighted by Crippen LogP contribution is 2.27. The van der Waals surface area contributed by atoms with E-state index in [0.29, 0.717) is 16.8 Å². The van der Waals surface area contributed by atoms with Gasteiger partial charge < -0.3 is 4.90 Å². The SMILES string of the molecule is CC(C)CN(C)C(=O)CN(C)S(=O)(=O)c1ccc(Cl)s1. The van der Waals surface area contributed by atoms with Crippen LogP contribution in [0.25, 0.3) is 0 Å². The molecule has 1 aromatic heterocycles. The largest absolute Gasteiger partial charge is 0.344 e. The Morgan fingerprint density at radius 1 is 1.35 bits per heavy atom. The molecule has 0 spiro atoms. The molecule has 8 heteroatoms. The van der Waals surface area contributed by atoms with Crippen molar-refractivity contribution in [3.05, 3.63) is 16.5 Å². The summed E-state index contributed by atoms with van der Waals surface area (Å²) in [5.41, 5.74) is 0. The van der Waals surface area contributed by atoms with E-state index in [0.717, 1.165) is 15.6 Å². The molecule has 0 aliphatic carbocycles. The van der Waals surface area contributed by atoms with Gasteiger partial charge in [0.2, 0.25) is 5.91 Å². The van der Waals surface area contributed by atoms with Crippen LogP contribution in [0.4, 0.5) is 0 Å². The van der Waals surface area contributed by atoms with Crippen molar-refractivity contribution >= 4 is 38.9 Å². The third kappa shape index (κ3) is 4.44. The first-order chi connectivity index (χ1) is 9.14. The van der Waals surface area contributed by atoms with Crippen LogP contribution in [0.3, 0.4) is 0 Å². The lowest BCUT2D eigenvalue weighted by molar-refractivity contribution is -0.130. The number of amides is 1. The van der Waals surface area contributed by atoms with Gasteiger partial charge in [0.05, 0.1) is 10.9 Å². The molecule has 114 valence electrons. The Morgan fingerprint density at radius 3 is 2.40 bits per heavy atom. The molecule has 0 fully saturated rings. The summed E-state index contributed by atoms with van der Waals surface area (Å²) >= 11 is 6.73. The van der Waals surface area contributed by atoms with Crippen molar-refractivity contribution in [2.24, 2.45) is 5.92 Å². The number of rotatable bonds is 6. The lowest BCUT2D eigenvalue weighted by Gasteiger charge is -2.22. The van der Waals surface area contributed by atoms with E-state index in [4.69, 9.17) is 11.6 Å². The highest BCUT2D eigenvalue weighted by atomic mass is 35.5. The fourth-order valence-electron chi connectivity index (χ4n) is 1.64. The number of sulfonamides is 1. The highest BCUT2D eigenvalue weighted by molar-refractivity contribution is 7.91. The summed E-state index contributed by atoms with van der Waals surface area (Å²) in [5, 5.41) is 0. The van der Waals surface area contributed by atoms with Crippen molar-refractivity contribution in [2.75, 3.05) is 27.2 Å². The van der Waals surface area contributed by atoms with Gasteiger partial charge in [-0.25, -0.2) is 8.42 Å². The molecule has 1 amide bonds. The van der Waals surface area contributed by atoms with Crippen LogP contribution in [-0.2, 0) is 14.8 Å². The lowest BCUT2D eigenvalue weighted by atomic mass is 10.2. The van der Waals surface area contributed by atoms with Crippen LogP contribution in [0.15, 0.2) is 16.3 Å². The summed E-state index contributed by atoms with van der Waals surface area (Å²) < 4.78 is 26.1. The van der Waals surface area contributed by atoms with E-state index in [1.165, 1.54) is 24.1 Å². The Balaban J connectivity index is 2.75. The number of hydrogen-bond acceptors (Lipinski definition) is 4. The van der Waals surface area contributed by atoms with Crippen molar-refractivity contribution < 1.29 is 13.2 Å². The summed E-state index contributed by atoms with van der Waals surface area (Å²) in [7, 11) is -0.591. The predicted molar refractivity (Wildman–Crippen MR) is 81.6 cm³/mol. The average Bonchev–Trinajstić information content (AvgIpc) is 2.75. The van der Waals surface area contributed by atoms with Crippen molar-refractivity contribution in [2.45, 2.75) is 18.1 Å². The second kappa shape index (κ2) is 6.89. The highest BCUT2D eigenvalue weighted by Gasteiger charge is 2.25. The zero-order valence-corrected chi connectivity index (χ0v) is 14.3. The molecular formula is C12H19ClN2O3S2.